The first-order valence-corrected chi connectivity index (χ1v) is 7.20. The maximum Gasteiger partial charge on any atom is 0.258 e. The summed E-state index contributed by atoms with van der Waals surface area (Å²) in [7, 11) is 0. The minimum atomic E-state index is -0.0516. The van der Waals surface area contributed by atoms with E-state index in [1.165, 1.54) is 12.0 Å². The summed E-state index contributed by atoms with van der Waals surface area (Å²) in [4.78, 5) is 15.6. The Morgan fingerprint density at radius 1 is 1.24 bits per heavy atom. The molecule has 1 aliphatic carbocycles. The van der Waals surface area contributed by atoms with Crippen molar-refractivity contribution in [3.8, 4) is 0 Å². The third-order valence-electron chi connectivity index (χ3n) is 4.57. The first-order valence-electron chi connectivity index (χ1n) is 7.20. The van der Waals surface area contributed by atoms with Gasteiger partial charge in [-0.3, -0.25) is 9.20 Å². The van der Waals surface area contributed by atoms with Crippen LogP contribution in [-0.2, 0) is 12.8 Å². The normalized spacial score (nSPS) is 14.3. The standard InChI is InChI=1S/C16H14N4O/c1-9-14(18-19-17)12-7-4-6-11-10-5-2-3-8-13(10)20(15(11)12)16(9)21/h4,6-7H,2-3,5,8H2,1H3. The van der Waals surface area contributed by atoms with E-state index < -0.39 is 0 Å². The largest absolute Gasteiger partial charge is 0.280 e. The van der Waals surface area contributed by atoms with E-state index in [0.717, 1.165) is 41.2 Å². The smallest absolute Gasteiger partial charge is 0.258 e. The molecule has 2 heterocycles. The van der Waals surface area contributed by atoms with Crippen LogP contribution in [0, 0.1) is 6.92 Å². The molecule has 0 unspecified atom stereocenters. The molecule has 0 N–H and O–H groups in total. The molecule has 0 amide bonds. The molecule has 2 aromatic heterocycles. The molecule has 5 nitrogen and oxygen atoms in total. The third-order valence-corrected chi connectivity index (χ3v) is 4.57. The second kappa shape index (κ2) is 4.24. The average Bonchev–Trinajstić information content (AvgIpc) is 2.85. The minimum Gasteiger partial charge on any atom is -0.280 e. The number of hydrogen-bond donors (Lipinski definition) is 0. The van der Waals surface area contributed by atoms with Crippen molar-refractivity contribution < 1.29 is 0 Å². The predicted octanol–water partition coefficient (Wildman–Crippen LogP) is 4.02. The van der Waals surface area contributed by atoms with E-state index in [0.29, 0.717) is 11.3 Å². The Kier molecular flexibility index (Phi) is 2.47. The predicted molar refractivity (Wildman–Crippen MR) is 82.5 cm³/mol. The van der Waals surface area contributed by atoms with E-state index in [1.807, 2.05) is 16.5 Å². The Morgan fingerprint density at radius 2 is 2.00 bits per heavy atom. The molecule has 0 aliphatic heterocycles. The highest BCUT2D eigenvalue weighted by Crippen LogP contribution is 2.37. The summed E-state index contributed by atoms with van der Waals surface area (Å²) in [6.45, 7) is 1.74. The van der Waals surface area contributed by atoms with Gasteiger partial charge in [0.05, 0.1) is 11.2 Å². The van der Waals surface area contributed by atoms with Gasteiger partial charge in [-0.05, 0) is 43.7 Å². The van der Waals surface area contributed by atoms with Crippen LogP contribution in [0.3, 0.4) is 0 Å². The summed E-state index contributed by atoms with van der Waals surface area (Å²) in [5.74, 6) is 0. The number of pyridine rings is 1. The van der Waals surface area contributed by atoms with Crippen LogP contribution in [0.4, 0.5) is 5.69 Å². The van der Waals surface area contributed by atoms with Gasteiger partial charge >= 0.3 is 0 Å². The zero-order chi connectivity index (χ0) is 14.6. The van der Waals surface area contributed by atoms with Crippen LogP contribution in [-0.4, -0.2) is 4.40 Å². The second-order valence-corrected chi connectivity index (χ2v) is 5.64. The van der Waals surface area contributed by atoms with E-state index in [4.69, 9.17) is 5.53 Å². The highest BCUT2D eigenvalue weighted by Gasteiger charge is 2.23. The number of para-hydroxylation sites is 1. The number of aryl methyl sites for hydroxylation is 2. The van der Waals surface area contributed by atoms with Crippen LogP contribution in [0.25, 0.3) is 26.7 Å². The van der Waals surface area contributed by atoms with Gasteiger partial charge in [-0.25, -0.2) is 0 Å². The number of azide groups is 1. The minimum absolute atomic E-state index is 0.0516. The zero-order valence-electron chi connectivity index (χ0n) is 11.8. The molecule has 0 bridgehead atoms. The summed E-state index contributed by atoms with van der Waals surface area (Å²) in [6, 6.07) is 5.98. The van der Waals surface area contributed by atoms with Gasteiger partial charge in [-0.15, -0.1) is 0 Å². The molecule has 0 spiro atoms. The van der Waals surface area contributed by atoms with Crippen LogP contribution in [0.5, 0.6) is 0 Å². The molecule has 0 fully saturated rings. The molecule has 104 valence electrons. The summed E-state index contributed by atoms with van der Waals surface area (Å²) in [5, 5.41) is 5.78. The average molecular weight is 278 g/mol. The maximum absolute atomic E-state index is 12.7. The Morgan fingerprint density at radius 3 is 2.81 bits per heavy atom. The lowest BCUT2D eigenvalue weighted by Crippen LogP contribution is -2.19. The van der Waals surface area contributed by atoms with Gasteiger partial charge in [0, 0.05) is 26.9 Å². The van der Waals surface area contributed by atoms with E-state index in [2.05, 4.69) is 16.1 Å². The van der Waals surface area contributed by atoms with E-state index in [1.54, 1.807) is 6.92 Å². The van der Waals surface area contributed by atoms with Crippen LogP contribution >= 0.6 is 0 Å². The van der Waals surface area contributed by atoms with Crippen molar-refractivity contribution in [2.45, 2.75) is 32.6 Å². The highest BCUT2D eigenvalue weighted by atomic mass is 16.1. The van der Waals surface area contributed by atoms with Crippen molar-refractivity contribution in [1.82, 2.24) is 4.40 Å². The van der Waals surface area contributed by atoms with Crippen molar-refractivity contribution in [3.05, 3.63) is 55.8 Å². The zero-order valence-corrected chi connectivity index (χ0v) is 11.8. The lowest BCUT2D eigenvalue weighted by atomic mass is 9.95. The topological polar surface area (TPSA) is 70.2 Å². The van der Waals surface area contributed by atoms with Crippen LogP contribution in [0.1, 0.15) is 29.7 Å². The molecule has 21 heavy (non-hydrogen) atoms. The van der Waals surface area contributed by atoms with Crippen molar-refractivity contribution in [2.24, 2.45) is 5.11 Å². The Labute approximate surface area is 120 Å². The Balaban J connectivity index is 2.34. The van der Waals surface area contributed by atoms with Crippen molar-refractivity contribution in [1.29, 1.82) is 0 Å². The van der Waals surface area contributed by atoms with Gasteiger partial charge in [-0.2, -0.15) is 0 Å². The number of fused-ring (bicyclic) bond motifs is 3. The first-order chi connectivity index (χ1) is 10.2. The van der Waals surface area contributed by atoms with Crippen LogP contribution < -0.4 is 5.56 Å². The van der Waals surface area contributed by atoms with Gasteiger partial charge in [0.1, 0.15) is 0 Å². The molecular weight excluding hydrogens is 264 g/mol. The molecule has 1 aliphatic rings. The van der Waals surface area contributed by atoms with Gasteiger partial charge < -0.3 is 0 Å². The number of aromatic nitrogens is 1. The molecule has 1 aromatic carbocycles. The van der Waals surface area contributed by atoms with Crippen LogP contribution in [0.2, 0.25) is 0 Å². The molecule has 5 heteroatoms. The molecule has 0 atom stereocenters. The molecule has 3 aromatic rings. The lowest BCUT2D eigenvalue weighted by Gasteiger charge is -2.12. The summed E-state index contributed by atoms with van der Waals surface area (Å²) < 4.78 is 1.85. The fraction of sp³-hybridized carbons (Fsp3) is 0.312. The molecule has 0 saturated heterocycles. The number of nitrogens with zero attached hydrogens (tertiary/aromatic N) is 4. The second-order valence-electron chi connectivity index (χ2n) is 5.64. The summed E-state index contributed by atoms with van der Waals surface area (Å²) in [5.41, 5.74) is 13.1. The van der Waals surface area contributed by atoms with E-state index >= 15 is 0 Å². The summed E-state index contributed by atoms with van der Waals surface area (Å²) >= 11 is 0. The Hall–Kier alpha value is -2.52. The van der Waals surface area contributed by atoms with E-state index in [-0.39, 0.29) is 5.56 Å². The molecule has 0 saturated carbocycles. The number of rotatable bonds is 1. The van der Waals surface area contributed by atoms with Gasteiger partial charge in [-0.1, -0.05) is 23.3 Å². The Bertz CT molecular complexity index is 979. The fourth-order valence-electron chi connectivity index (χ4n) is 3.65. The van der Waals surface area contributed by atoms with Gasteiger partial charge in [0.25, 0.3) is 5.56 Å². The lowest BCUT2D eigenvalue weighted by molar-refractivity contribution is 0.668. The monoisotopic (exact) mass is 278 g/mol. The first kappa shape index (κ1) is 12.2. The number of benzene rings is 1. The van der Waals surface area contributed by atoms with Gasteiger partial charge in [0.15, 0.2) is 0 Å². The van der Waals surface area contributed by atoms with Gasteiger partial charge in [0.2, 0.25) is 0 Å². The van der Waals surface area contributed by atoms with Crippen molar-refractivity contribution in [2.75, 3.05) is 0 Å². The van der Waals surface area contributed by atoms with Crippen molar-refractivity contribution in [3.63, 3.8) is 0 Å². The molecular formula is C16H14N4O. The van der Waals surface area contributed by atoms with Crippen molar-refractivity contribution >= 4 is 22.0 Å². The number of hydrogen-bond acceptors (Lipinski definition) is 2. The van der Waals surface area contributed by atoms with Crippen LogP contribution in [0.15, 0.2) is 28.1 Å². The molecule has 0 radical (unpaired) electrons. The molecule has 4 rings (SSSR count). The SMILES string of the molecule is Cc1c(N=[N+]=[N-])c2cccc3c4c(n(c1=O)c32)CCCC4. The quantitative estimate of drug-likeness (QED) is 0.376. The maximum atomic E-state index is 12.7. The third kappa shape index (κ3) is 1.46. The highest BCUT2D eigenvalue weighted by molar-refractivity contribution is 6.04. The summed E-state index contributed by atoms with van der Waals surface area (Å²) in [6.07, 6.45) is 4.25. The van der Waals surface area contributed by atoms with E-state index in [9.17, 15) is 4.79 Å². The fourth-order valence-corrected chi connectivity index (χ4v) is 3.65.